The first-order valence-corrected chi connectivity index (χ1v) is 7.53. The van der Waals surface area contributed by atoms with Crippen LogP contribution in [-0.2, 0) is 0 Å². The minimum absolute atomic E-state index is 0.215. The van der Waals surface area contributed by atoms with E-state index in [2.05, 4.69) is 15.3 Å². The van der Waals surface area contributed by atoms with Crippen LogP contribution in [-0.4, -0.2) is 32.8 Å². The molecule has 0 spiro atoms. The van der Waals surface area contributed by atoms with Gasteiger partial charge in [-0.05, 0) is 24.6 Å². The third-order valence-corrected chi connectivity index (χ3v) is 3.76. The average Bonchev–Trinajstić information content (AvgIpc) is 2.59. The van der Waals surface area contributed by atoms with E-state index >= 15 is 0 Å². The molecule has 0 fully saturated rings. The van der Waals surface area contributed by atoms with Crippen molar-refractivity contribution in [2.45, 2.75) is 19.1 Å². The van der Waals surface area contributed by atoms with Gasteiger partial charge >= 0.3 is 0 Å². The molecule has 118 valence electrons. The number of aliphatic hydroxyl groups is 2. The van der Waals surface area contributed by atoms with Crippen LogP contribution in [0, 0.1) is 6.92 Å². The highest BCUT2D eigenvalue weighted by Crippen LogP contribution is 2.24. The van der Waals surface area contributed by atoms with Crippen LogP contribution in [0.3, 0.4) is 0 Å². The Morgan fingerprint density at radius 3 is 2.43 bits per heavy atom. The second-order valence-electron chi connectivity index (χ2n) is 5.43. The van der Waals surface area contributed by atoms with Gasteiger partial charge in [-0.2, -0.15) is 0 Å². The molecule has 2 aromatic carbocycles. The van der Waals surface area contributed by atoms with E-state index in [0.29, 0.717) is 11.6 Å². The van der Waals surface area contributed by atoms with Crippen molar-refractivity contribution < 1.29 is 10.2 Å². The first kappa shape index (κ1) is 15.4. The number of aryl methyl sites for hydroxylation is 1. The fraction of sp³-hybridized carbons (Fsp3) is 0.222. The predicted octanol–water partition coefficient (Wildman–Crippen LogP) is 2.44. The third-order valence-electron chi connectivity index (χ3n) is 3.76. The number of anilines is 1. The van der Waals surface area contributed by atoms with E-state index in [1.54, 1.807) is 0 Å². The lowest BCUT2D eigenvalue weighted by molar-refractivity contribution is 0.118. The molecule has 3 aromatic rings. The lowest BCUT2D eigenvalue weighted by atomic mass is 10.0. The molecular formula is C18H19N3O2. The third kappa shape index (κ3) is 3.31. The van der Waals surface area contributed by atoms with Gasteiger partial charge in [0, 0.05) is 5.39 Å². The predicted molar refractivity (Wildman–Crippen MR) is 90.2 cm³/mol. The summed E-state index contributed by atoms with van der Waals surface area (Å²) in [5, 5.41) is 24.2. The molecule has 3 rings (SSSR count). The maximum Gasteiger partial charge on any atom is 0.138 e. The molecule has 0 aliphatic carbocycles. The van der Waals surface area contributed by atoms with Gasteiger partial charge in [0.05, 0.1) is 18.2 Å². The summed E-state index contributed by atoms with van der Waals surface area (Å²) in [6, 6.07) is 16.4. The summed E-state index contributed by atoms with van der Waals surface area (Å²) >= 11 is 0. The van der Waals surface area contributed by atoms with E-state index < -0.39 is 12.1 Å². The van der Waals surface area contributed by atoms with Crippen LogP contribution in [0.4, 0.5) is 5.82 Å². The zero-order chi connectivity index (χ0) is 16.2. The number of aromatic nitrogens is 2. The highest BCUT2D eigenvalue weighted by atomic mass is 16.3. The number of fused-ring (bicyclic) bond motifs is 1. The van der Waals surface area contributed by atoms with Gasteiger partial charge in [0.15, 0.2) is 0 Å². The molecule has 1 heterocycles. The fourth-order valence-corrected chi connectivity index (χ4v) is 2.59. The molecule has 23 heavy (non-hydrogen) atoms. The number of hydrogen-bond acceptors (Lipinski definition) is 5. The summed E-state index contributed by atoms with van der Waals surface area (Å²) in [6.07, 6.45) is -0.838. The van der Waals surface area contributed by atoms with Gasteiger partial charge in [-0.1, -0.05) is 42.5 Å². The smallest absolute Gasteiger partial charge is 0.138 e. The number of benzene rings is 2. The number of hydrogen-bond donors (Lipinski definition) is 3. The Balaban J connectivity index is 1.93. The number of rotatable bonds is 5. The van der Waals surface area contributed by atoms with E-state index in [0.717, 1.165) is 16.5 Å². The molecule has 5 heteroatoms. The maximum absolute atomic E-state index is 10.5. The van der Waals surface area contributed by atoms with E-state index in [4.69, 9.17) is 0 Å². The summed E-state index contributed by atoms with van der Waals surface area (Å²) in [7, 11) is 0. The van der Waals surface area contributed by atoms with Crippen LogP contribution in [0.25, 0.3) is 10.9 Å². The quantitative estimate of drug-likeness (QED) is 0.675. The first-order chi connectivity index (χ1) is 11.2. The Bertz CT molecular complexity index is 793. The van der Waals surface area contributed by atoms with Crippen molar-refractivity contribution in [3.8, 4) is 0 Å². The Morgan fingerprint density at radius 2 is 1.70 bits per heavy atom. The van der Waals surface area contributed by atoms with E-state index in [1.807, 2.05) is 61.5 Å². The van der Waals surface area contributed by atoms with Crippen molar-refractivity contribution in [3.05, 3.63) is 66.0 Å². The number of para-hydroxylation sites is 1. The second-order valence-corrected chi connectivity index (χ2v) is 5.43. The Labute approximate surface area is 134 Å². The van der Waals surface area contributed by atoms with Crippen molar-refractivity contribution in [3.63, 3.8) is 0 Å². The van der Waals surface area contributed by atoms with E-state index in [-0.39, 0.29) is 6.61 Å². The highest BCUT2D eigenvalue weighted by molar-refractivity contribution is 5.89. The van der Waals surface area contributed by atoms with Crippen molar-refractivity contribution >= 4 is 16.7 Å². The number of nitrogens with zero attached hydrogens (tertiary/aromatic N) is 2. The number of nitrogens with one attached hydrogen (secondary N) is 1. The first-order valence-electron chi connectivity index (χ1n) is 7.53. The van der Waals surface area contributed by atoms with Crippen LogP contribution >= 0.6 is 0 Å². The van der Waals surface area contributed by atoms with Gasteiger partial charge in [0.2, 0.25) is 0 Å². The molecule has 0 amide bonds. The van der Waals surface area contributed by atoms with Crippen molar-refractivity contribution in [1.82, 2.24) is 9.97 Å². The van der Waals surface area contributed by atoms with Crippen LogP contribution < -0.4 is 5.32 Å². The molecule has 0 aliphatic heterocycles. The Hall–Kier alpha value is -2.50. The molecule has 0 aliphatic rings. The van der Waals surface area contributed by atoms with Gasteiger partial charge in [-0.3, -0.25) is 0 Å². The molecule has 0 saturated heterocycles. The zero-order valence-electron chi connectivity index (χ0n) is 12.8. The molecular weight excluding hydrogens is 290 g/mol. The lowest BCUT2D eigenvalue weighted by Crippen LogP contribution is -2.31. The molecule has 0 saturated carbocycles. The van der Waals surface area contributed by atoms with Gasteiger partial charge < -0.3 is 15.5 Å². The summed E-state index contributed by atoms with van der Waals surface area (Å²) in [5.74, 6) is 1.25. The maximum atomic E-state index is 10.5. The van der Waals surface area contributed by atoms with E-state index in [9.17, 15) is 10.2 Å². The lowest BCUT2D eigenvalue weighted by Gasteiger charge is -2.23. The highest BCUT2D eigenvalue weighted by Gasteiger charge is 2.21. The van der Waals surface area contributed by atoms with Crippen molar-refractivity contribution in [2.75, 3.05) is 11.9 Å². The Kier molecular flexibility index (Phi) is 4.50. The summed E-state index contributed by atoms with van der Waals surface area (Å²) in [5.41, 5.74) is 1.57. The topological polar surface area (TPSA) is 78.3 Å². The van der Waals surface area contributed by atoms with Crippen LogP contribution in [0.2, 0.25) is 0 Å². The van der Waals surface area contributed by atoms with Crippen LogP contribution in [0.5, 0.6) is 0 Å². The van der Waals surface area contributed by atoms with Gasteiger partial charge in [0.1, 0.15) is 17.7 Å². The monoisotopic (exact) mass is 309 g/mol. The molecule has 5 nitrogen and oxygen atoms in total. The molecule has 0 bridgehead atoms. The molecule has 0 unspecified atom stereocenters. The Morgan fingerprint density at radius 1 is 1.00 bits per heavy atom. The largest absolute Gasteiger partial charge is 0.394 e. The average molecular weight is 309 g/mol. The summed E-state index contributed by atoms with van der Waals surface area (Å²) in [6.45, 7) is 1.60. The summed E-state index contributed by atoms with van der Waals surface area (Å²) < 4.78 is 0. The van der Waals surface area contributed by atoms with Crippen molar-refractivity contribution in [2.24, 2.45) is 0 Å². The SMILES string of the molecule is Cc1nc(N[C@@H](CO)[C@@H](O)c2ccccc2)c2ccccc2n1. The molecule has 2 atom stereocenters. The van der Waals surface area contributed by atoms with Crippen LogP contribution in [0.15, 0.2) is 54.6 Å². The van der Waals surface area contributed by atoms with Gasteiger partial charge in [-0.15, -0.1) is 0 Å². The standard InChI is InChI=1S/C18H19N3O2/c1-12-19-15-10-6-5-9-14(15)18(20-12)21-16(11-22)17(23)13-7-3-2-4-8-13/h2-10,16-17,22-23H,11H2,1H3,(H,19,20,21)/t16-,17-/m0/s1. The van der Waals surface area contributed by atoms with Gasteiger partial charge in [-0.25, -0.2) is 9.97 Å². The molecule has 0 radical (unpaired) electrons. The minimum Gasteiger partial charge on any atom is -0.394 e. The van der Waals surface area contributed by atoms with Crippen LogP contribution in [0.1, 0.15) is 17.5 Å². The van der Waals surface area contributed by atoms with Gasteiger partial charge in [0.25, 0.3) is 0 Å². The molecule has 1 aromatic heterocycles. The summed E-state index contributed by atoms with van der Waals surface area (Å²) in [4.78, 5) is 8.82. The number of aliphatic hydroxyl groups excluding tert-OH is 2. The fourth-order valence-electron chi connectivity index (χ4n) is 2.59. The minimum atomic E-state index is -0.838. The van der Waals surface area contributed by atoms with Crippen molar-refractivity contribution in [1.29, 1.82) is 0 Å². The van der Waals surface area contributed by atoms with E-state index in [1.165, 1.54) is 0 Å². The molecule has 3 N–H and O–H groups in total. The normalized spacial score (nSPS) is 13.7. The zero-order valence-corrected chi connectivity index (χ0v) is 12.8. The second kappa shape index (κ2) is 6.73.